The van der Waals surface area contributed by atoms with Crippen molar-refractivity contribution in [1.82, 2.24) is 5.43 Å². The molecule has 2 rings (SSSR count). The molecular weight excluding hydrogens is 377 g/mol. The monoisotopic (exact) mass is 391 g/mol. The topological polar surface area (TPSA) is 96.9 Å². The first-order chi connectivity index (χ1) is 12.9. The molecule has 0 atom stereocenters. The lowest BCUT2D eigenvalue weighted by molar-refractivity contribution is -0.136. The molecule has 0 spiro atoms. The number of carbonyl (C=O) groups excluding carboxylic acids is 3. The van der Waals surface area contributed by atoms with E-state index in [1.54, 1.807) is 6.92 Å². The molecule has 2 N–H and O–H groups in total. The summed E-state index contributed by atoms with van der Waals surface area (Å²) in [6.07, 6.45) is 0.997. The normalized spacial score (nSPS) is 10.5. The predicted octanol–water partition coefficient (Wildman–Crippen LogP) is 2.74. The fourth-order valence-electron chi connectivity index (χ4n) is 1.93. The first-order valence-corrected chi connectivity index (χ1v) is 8.15. The number of nitrogens with one attached hydrogen (secondary N) is 2. The van der Waals surface area contributed by atoms with Gasteiger partial charge in [-0.3, -0.25) is 9.59 Å². The summed E-state index contributed by atoms with van der Waals surface area (Å²) in [6, 6.07) is 9.85. The number of nitrogens with zero attached hydrogens (tertiary/aromatic N) is 1. The molecule has 0 aliphatic heterocycles. The lowest BCUT2D eigenvalue weighted by Crippen LogP contribution is -2.32. The van der Waals surface area contributed by atoms with E-state index in [1.165, 1.54) is 42.5 Å². The van der Waals surface area contributed by atoms with E-state index in [2.05, 4.69) is 10.4 Å². The summed E-state index contributed by atoms with van der Waals surface area (Å²) in [5.74, 6) is -3.16. The van der Waals surface area contributed by atoms with Crippen molar-refractivity contribution in [2.45, 2.75) is 6.92 Å². The average Bonchev–Trinajstić information content (AvgIpc) is 2.64. The Hall–Kier alpha value is -3.26. The molecule has 27 heavy (non-hydrogen) atoms. The van der Waals surface area contributed by atoms with Crippen LogP contribution >= 0.6 is 11.6 Å². The summed E-state index contributed by atoms with van der Waals surface area (Å²) >= 11 is 5.81. The minimum atomic E-state index is -1.06. The van der Waals surface area contributed by atoms with Crippen molar-refractivity contribution in [1.29, 1.82) is 0 Å². The number of hydrazone groups is 1. The van der Waals surface area contributed by atoms with Crippen molar-refractivity contribution >= 4 is 41.3 Å². The smallest absolute Gasteiger partial charge is 0.338 e. The average molecular weight is 392 g/mol. The van der Waals surface area contributed by atoms with Gasteiger partial charge in [0.25, 0.3) is 0 Å². The lowest BCUT2D eigenvalue weighted by Gasteiger charge is -2.05. The second-order valence-electron chi connectivity index (χ2n) is 5.09. The van der Waals surface area contributed by atoms with Gasteiger partial charge < -0.3 is 10.1 Å². The van der Waals surface area contributed by atoms with Crippen LogP contribution in [0.15, 0.2) is 47.6 Å². The molecular formula is C18H15ClFN3O4. The van der Waals surface area contributed by atoms with Crippen molar-refractivity contribution < 1.29 is 23.5 Å². The fraction of sp³-hybridized carbons (Fsp3) is 0.111. The highest BCUT2D eigenvalue weighted by molar-refractivity contribution is 6.39. The van der Waals surface area contributed by atoms with E-state index in [-0.39, 0.29) is 17.2 Å². The van der Waals surface area contributed by atoms with E-state index in [0.29, 0.717) is 11.3 Å². The number of hydrogen-bond acceptors (Lipinski definition) is 5. The van der Waals surface area contributed by atoms with Gasteiger partial charge in [-0.2, -0.15) is 5.10 Å². The third-order valence-electron chi connectivity index (χ3n) is 3.22. The van der Waals surface area contributed by atoms with E-state index in [9.17, 15) is 18.8 Å². The van der Waals surface area contributed by atoms with Crippen LogP contribution in [-0.4, -0.2) is 30.6 Å². The molecule has 0 fully saturated rings. The molecule has 0 aromatic heterocycles. The molecule has 0 aliphatic carbocycles. The highest BCUT2D eigenvalue weighted by atomic mass is 35.5. The zero-order valence-corrected chi connectivity index (χ0v) is 14.9. The number of anilines is 1. The van der Waals surface area contributed by atoms with Crippen LogP contribution in [0.4, 0.5) is 10.1 Å². The number of hydrogen-bond donors (Lipinski definition) is 2. The Morgan fingerprint density at radius 3 is 2.48 bits per heavy atom. The lowest BCUT2D eigenvalue weighted by atomic mass is 10.2. The number of halogens is 2. The van der Waals surface area contributed by atoms with Gasteiger partial charge in [-0.05, 0) is 43.3 Å². The second-order valence-corrected chi connectivity index (χ2v) is 5.49. The first kappa shape index (κ1) is 20.1. The second kappa shape index (κ2) is 9.44. The highest BCUT2D eigenvalue weighted by Gasteiger charge is 2.14. The van der Waals surface area contributed by atoms with Gasteiger partial charge in [0.15, 0.2) is 0 Å². The molecule has 0 unspecified atom stereocenters. The van der Waals surface area contributed by atoms with Crippen LogP contribution in [0.3, 0.4) is 0 Å². The van der Waals surface area contributed by atoms with Crippen LogP contribution < -0.4 is 10.7 Å². The van der Waals surface area contributed by atoms with Crippen LogP contribution in [0, 0.1) is 5.82 Å². The van der Waals surface area contributed by atoms with E-state index < -0.39 is 23.6 Å². The minimum absolute atomic E-state index is 0.0190. The molecule has 140 valence electrons. The molecule has 0 aliphatic rings. The van der Waals surface area contributed by atoms with Gasteiger partial charge in [-0.15, -0.1) is 0 Å². The predicted molar refractivity (Wildman–Crippen MR) is 98.2 cm³/mol. The summed E-state index contributed by atoms with van der Waals surface area (Å²) in [5, 5.41) is 5.96. The Kier molecular flexibility index (Phi) is 7.01. The van der Waals surface area contributed by atoms with Gasteiger partial charge in [0.1, 0.15) is 5.82 Å². The zero-order valence-electron chi connectivity index (χ0n) is 14.2. The van der Waals surface area contributed by atoms with Crippen LogP contribution in [0.25, 0.3) is 0 Å². The maximum absolute atomic E-state index is 13.6. The van der Waals surface area contributed by atoms with Crippen LogP contribution in [-0.2, 0) is 14.3 Å². The maximum Gasteiger partial charge on any atom is 0.338 e. The summed E-state index contributed by atoms with van der Waals surface area (Å²) in [5.41, 5.74) is 2.56. The van der Waals surface area contributed by atoms with Crippen LogP contribution in [0.1, 0.15) is 22.8 Å². The SMILES string of the molecule is CCOC(=O)c1ccc(NC(=O)C(=O)N/N=C/c2c(F)cccc2Cl)cc1. The summed E-state index contributed by atoms with van der Waals surface area (Å²) < 4.78 is 18.4. The Balaban J connectivity index is 1.93. The molecule has 7 nitrogen and oxygen atoms in total. The van der Waals surface area contributed by atoms with Gasteiger partial charge in [0.05, 0.1) is 23.4 Å². The van der Waals surface area contributed by atoms with Gasteiger partial charge in [0.2, 0.25) is 0 Å². The molecule has 0 heterocycles. The van der Waals surface area contributed by atoms with Crippen LogP contribution in [0.2, 0.25) is 5.02 Å². The number of esters is 1. The third kappa shape index (κ3) is 5.61. The number of rotatable bonds is 5. The minimum Gasteiger partial charge on any atom is -0.462 e. The number of carbonyl (C=O) groups is 3. The Morgan fingerprint density at radius 2 is 1.85 bits per heavy atom. The summed E-state index contributed by atoms with van der Waals surface area (Å²) in [6.45, 7) is 1.93. The molecule has 0 radical (unpaired) electrons. The Morgan fingerprint density at radius 1 is 1.15 bits per heavy atom. The number of benzene rings is 2. The number of amides is 2. The molecule has 0 saturated heterocycles. The molecule has 0 bridgehead atoms. The van der Waals surface area contributed by atoms with Gasteiger partial charge in [0, 0.05) is 11.3 Å². The van der Waals surface area contributed by atoms with Gasteiger partial charge in [-0.1, -0.05) is 17.7 Å². The molecule has 2 aromatic carbocycles. The van der Waals surface area contributed by atoms with Crippen molar-refractivity contribution in [2.24, 2.45) is 5.10 Å². The third-order valence-corrected chi connectivity index (χ3v) is 3.55. The number of ether oxygens (including phenoxy) is 1. The first-order valence-electron chi connectivity index (χ1n) is 7.78. The van der Waals surface area contributed by atoms with Crippen molar-refractivity contribution in [3.05, 3.63) is 64.4 Å². The Labute approximate surface area is 159 Å². The summed E-state index contributed by atoms with van der Waals surface area (Å²) in [7, 11) is 0. The zero-order chi connectivity index (χ0) is 19.8. The van der Waals surface area contributed by atoms with E-state index >= 15 is 0 Å². The largest absolute Gasteiger partial charge is 0.462 e. The summed E-state index contributed by atoms with van der Waals surface area (Å²) in [4.78, 5) is 35.1. The van der Waals surface area contributed by atoms with E-state index in [0.717, 1.165) is 6.21 Å². The highest BCUT2D eigenvalue weighted by Crippen LogP contribution is 2.16. The van der Waals surface area contributed by atoms with Crippen molar-refractivity contribution in [2.75, 3.05) is 11.9 Å². The quantitative estimate of drug-likeness (QED) is 0.354. The van der Waals surface area contributed by atoms with E-state index in [1.807, 2.05) is 5.43 Å². The van der Waals surface area contributed by atoms with E-state index in [4.69, 9.17) is 16.3 Å². The standard InChI is InChI=1S/C18H15ClFN3O4/c1-2-27-18(26)11-6-8-12(9-7-11)22-16(24)17(25)23-21-10-13-14(19)4-3-5-15(13)20/h3-10H,2H2,1H3,(H,22,24)(H,23,25)/b21-10+. The van der Waals surface area contributed by atoms with Crippen LogP contribution in [0.5, 0.6) is 0 Å². The molecule has 0 saturated carbocycles. The Bertz CT molecular complexity index is 864. The molecule has 2 aromatic rings. The molecule has 9 heteroatoms. The van der Waals surface area contributed by atoms with Crippen molar-refractivity contribution in [3.8, 4) is 0 Å². The maximum atomic E-state index is 13.6. The van der Waals surface area contributed by atoms with Gasteiger partial charge in [-0.25, -0.2) is 14.6 Å². The van der Waals surface area contributed by atoms with Crippen molar-refractivity contribution in [3.63, 3.8) is 0 Å². The van der Waals surface area contributed by atoms with Gasteiger partial charge >= 0.3 is 17.8 Å². The fourth-order valence-corrected chi connectivity index (χ4v) is 2.14. The molecule has 2 amide bonds.